The molecule has 0 fully saturated rings. The predicted molar refractivity (Wildman–Crippen MR) is 117 cm³/mol. The Hall–Kier alpha value is -3.13. The standard InChI is InChI=1S/C14H16N2O2.C8H14N2O2/c1-11-7-13-4-3-12(9-17)8-14(13)16(11)6-2-5-15-10-18;1-8(2,5-11)6-4-7(9-3)12-10-6/h3-4,7-10H,2,5-6H2,1H3,(H,15,18);4,9,11H,5H2,1-3H3. The van der Waals surface area contributed by atoms with E-state index in [-0.39, 0.29) is 12.0 Å². The summed E-state index contributed by atoms with van der Waals surface area (Å²) in [6.45, 7) is 7.42. The molecule has 0 bridgehead atoms. The topological polar surface area (TPSA) is 109 Å². The van der Waals surface area contributed by atoms with Gasteiger partial charge in [0.1, 0.15) is 6.29 Å². The van der Waals surface area contributed by atoms with Gasteiger partial charge in [-0.25, -0.2) is 0 Å². The molecule has 0 spiro atoms. The van der Waals surface area contributed by atoms with Crippen LogP contribution in [0, 0.1) is 6.92 Å². The van der Waals surface area contributed by atoms with Crippen LogP contribution in [0.25, 0.3) is 10.9 Å². The van der Waals surface area contributed by atoms with Gasteiger partial charge in [-0.15, -0.1) is 0 Å². The molecule has 0 aliphatic rings. The molecule has 0 saturated carbocycles. The minimum Gasteiger partial charge on any atom is -0.395 e. The Kier molecular flexibility index (Phi) is 8.17. The molecule has 0 aliphatic carbocycles. The maximum absolute atomic E-state index is 10.8. The highest BCUT2D eigenvalue weighted by molar-refractivity contribution is 5.88. The largest absolute Gasteiger partial charge is 0.395 e. The van der Waals surface area contributed by atoms with Crippen molar-refractivity contribution in [2.45, 2.75) is 39.2 Å². The van der Waals surface area contributed by atoms with E-state index in [0.717, 1.165) is 35.8 Å². The SMILES string of the molecule is CNc1cc(C(C)(C)CO)no1.Cc1cc2ccc(C=O)cc2n1CCCNC=O. The molecule has 162 valence electrons. The number of benzene rings is 1. The van der Waals surface area contributed by atoms with E-state index >= 15 is 0 Å². The Morgan fingerprint density at radius 3 is 2.60 bits per heavy atom. The normalized spacial score (nSPS) is 11.0. The van der Waals surface area contributed by atoms with Crippen molar-refractivity contribution in [1.82, 2.24) is 15.0 Å². The molecule has 1 amide bonds. The second-order valence-corrected chi connectivity index (χ2v) is 7.67. The molecule has 3 N–H and O–H groups in total. The second kappa shape index (κ2) is 10.6. The third kappa shape index (κ3) is 5.70. The lowest BCUT2D eigenvalue weighted by molar-refractivity contribution is -0.109. The number of anilines is 1. The van der Waals surface area contributed by atoms with Crippen LogP contribution in [0.5, 0.6) is 0 Å². The molecule has 8 heteroatoms. The molecular formula is C22H30N4O4. The molecule has 30 heavy (non-hydrogen) atoms. The number of hydrogen-bond acceptors (Lipinski definition) is 6. The number of aromatic nitrogens is 2. The molecule has 0 aliphatic heterocycles. The van der Waals surface area contributed by atoms with E-state index < -0.39 is 0 Å². The Balaban J connectivity index is 0.000000232. The van der Waals surface area contributed by atoms with Crippen LogP contribution in [0.4, 0.5) is 5.88 Å². The van der Waals surface area contributed by atoms with Gasteiger partial charge in [-0.2, -0.15) is 0 Å². The van der Waals surface area contributed by atoms with Gasteiger partial charge in [0.2, 0.25) is 12.3 Å². The first kappa shape index (κ1) is 23.2. The number of carbonyl (C=O) groups is 2. The number of aliphatic hydroxyl groups is 1. The predicted octanol–water partition coefficient (Wildman–Crippen LogP) is 2.88. The highest BCUT2D eigenvalue weighted by atomic mass is 16.5. The Bertz CT molecular complexity index is 975. The molecule has 0 unspecified atom stereocenters. The van der Waals surface area contributed by atoms with Gasteiger partial charge in [0.05, 0.1) is 12.3 Å². The van der Waals surface area contributed by atoms with E-state index in [2.05, 4.69) is 26.4 Å². The average Bonchev–Trinajstić information content (AvgIpc) is 3.36. The minimum absolute atomic E-state index is 0.0582. The lowest BCUT2D eigenvalue weighted by Gasteiger charge is -2.16. The molecule has 1 aromatic carbocycles. The summed E-state index contributed by atoms with van der Waals surface area (Å²) in [5.41, 5.74) is 3.35. The summed E-state index contributed by atoms with van der Waals surface area (Å²) in [4.78, 5) is 21.0. The van der Waals surface area contributed by atoms with Crippen LogP contribution in [-0.2, 0) is 16.8 Å². The van der Waals surface area contributed by atoms with Crippen molar-refractivity contribution in [3.05, 3.63) is 47.3 Å². The van der Waals surface area contributed by atoms with E-state index in [0.29, 0.717) is 24.4 Å². The summed E-state index contributed by atoms with van der Waals surface area (Å²) in [6.07, 6.45) is 2.44. The molecule has 0 atom stereocenters. The summed E-state index contributed by atoms with van der Waals surface area (Å²) in [5, 5.41) is 19.5. The lowest BCUT2D eigenvalue weighted by Crippen LogP contribution is -2.22. The molecule has 3 aromatic rings. The number of nitrogens with zero attached hydrogens (tertiary/aromatic N) is 2. The van der Waals surface area contributed by atoms with Crippen LogP contribution in [-0.4, -0.2) is 47.7 Å². The fourth-order valence-corrected chi connectivity index (χ4v) is 2.97. The zero-order valence-corrected chi connectivity index (χ0v) is 17.9. The molecule has 2 aromatic heterocycles. The van der Waals surface area contributed by atoms with Gasteiger partial charge in [0, 0.05) is 48.4 Å². The molecular weight excluding hydrogens is 384 g/mol. The second-order valence-electron chi connectivity index (χ2n) is 7.67. The quantitative estimate of drug-likeness (QED) is 0.367. The average molecular weight is 415 g/mol. The Morgan fingerprint density at radius 2 is 2.00 bits per heavy atom. The van der Waals surface area contributed by atoms with Crippen LogP contribution in [0.2, 0.25) is 0 Å². The van der Waals surface area contributed by atoms with Crippen LogP contribution in [0.15, 0.2) is 34.9 Å². The summed E-state index contributed by atoms with van der Waals surface area (Å²) >= 11 is 0. The smallest absolute Gasteiger partial charge is 0.224 e. The summed E-state index contributed by atoms with van der Waals surface area (Å²) in [6, 6.07) is 9.59. The summed E-state index contributed by atoms with van der Waals surface area (Å²) in [5.74, 6) is 0.617. The zero-order chi connectivity index (χ0) is 22.1. The number of hydrogen-bond donors (Lipinski definition) is 3. The Morgan fingerprint density at radius 1 is 1.23 bits per heavy atom. The molecule has 0 radical (unpaired) electrons. The van der Waals surface area contributed by atoms with Gasteiger partial charge in [-0.05, 0) is 30.9 Å². The van der Waals surface area contributed by atoms with Crippen LogP contribution < -0.4 is 10.6 Å². The third-order valence-corrected chi connectivity index (χ3v) is 4.90. The number of rotatable bonds is 9. The highest BCUT2D eigenvalue weighted by Crippen LogP contribution is 2.23. The first-order valence-corrected chi connectivity index (χ1v) is 9.84. The van der Waals surface area contributed by atoms with E-state index in [4.69, 9.17) is 9.63 Å². The van der Waals surface area contributed by atoms with Crippen molar-refractivity contribution in [2.24, 2.45) is 0 Å². The summed E-state index contributed by atoms with van der Waals surface area (Å²) < 4.78 is 7.11. The number of fused-ring (bicyclic) bond motifs is 1. The maximum atomic E-state index is 10.8. The van der Waals surface area contributed by atoms with Gasteiger partial charge >= 0.3 is 0 Å². The van der Waals surface area contributed by atoms with Gasteiger partial charge in [0.25, 0.3) is 0 Å². The number of aryl methyl sites for hydroxylation is 2. The highest BCUT2D eigenvalue weighted by Gasteiger charge is 2.23. The molecule has 2 heterocycles. The number of aliphatic hydroxyl groups excluding tert-OH is 1. The Labute approximate surface area is 176 Å². The van der Waals surface area contributed by atoms with Crippen molar-refractivity contribution in [2.75, 3.05) is 25.5 Å². The monoisotopic (exact) mass is 414 g/mol. The number of amides is 1. The maximum Gasteiger partial charge on any atom is 0.224 e. The van der Waals surface area contributed by atoms with Crippen LogP contribution in [0.3, 0.4) is 0 Å². The van der Waals surface area contributed by atoms with Crippen LogP contribution in [0.1, 0.15) is 42.0 Å². The van der Waals surface area contributed by atoms with Crippen molar-refractivity contribution in [3.8, 4) is 0 Å². The minimum atomic E-state index is -0.335. The van der Waals surface area contributed by atoms with Gasteiger partial charge in [0.15, 0.2) is 0 Å². The molecule has 0 saturated heterocycles. The van der Waals surface area contributed by atoms with E-state index in [1.165, 1.54) is 5.69 Å². The van der Waals surface area contributed by atoms with Gasteiger partial charge in [-0.1, -0.05) is 31.1 Å². The number of aldehydes is 1. The first-order chi connectivity index (χ1) is 14.4. The number of nitrogens with one attached hydrogen (secondary N) is 2. The van der Waals surface area contributed by atoms with E-state index in [9.17, 15) is 9.59 Å². The molecule has 8 nitrogen and oxygen atoms in total. The fraction of sp³-hybridized carbons (Fsp3) is 0.409. The summed E-state index contributed by atoms with van der Waals surface area (Å²) in [7, 11) is 1.76. The first-order valence-electron chi connectivity index (χ1n) is 9.84. The van der Waals surface area contributed by atoms with E-state index in [1.807, 2.05) is 39.0 Å². The van der Waals surface area contributed by atoms with Crippen molar-refractivity contribution >= 4 is 29.5 Å². The van der Waals surface area contributed by atoms with Crippen LogP contribution >= 0.6 is 0 Å². The van der Waals surface area contributed by atoms with Gasteiger partial charge < -0.3 is 24.8 Å². The third-order valence-electron chi connectivity index (χ3n) is 4.90. The lowest BCUT2D eigenvalue weighted by atomic mass is 9.91. The van der Waals surface area contributed by atoms with Gasteiger partial charge in [-0.3, -0.25) is 9.59 Å². The van der Waals surface area contributed by atoms with Crippen molar-refractivity contribution in [1.29, 1.82) is 0 Å². The number of carbonyl (C=O) groups excluding carboxylic acids is 2. The molecule has 3 rings (SSSR count). The fourth-order valence-electron chi connectivity index (χ4n) is 2.97. The van der Waals surface area contributed by atoms with Crippen molar-refractivity contribution < 1.29 is 19.2 Å². The van der Waals surface area contributed by atoms with E-state index in [1.54, 1.807) is 13.1 Å². The van der Waals surface area contributed by atoms with Crippen molar-refractivity contribution in [3.63, 3.8) is 0 Å². The zero-order valence-electron chi connectivity index (χ0n) is 17.9.